The Kier molecular flexibility index (Phi) is 5.23. The Hall–Kier alpha value is -2.96. The number of nitrogens with zero attached hydrogens (tertiary/aromatic N) is 4. The van der Waals surface area contributed by atoms with Gasteiger partial charge in [-0.05, 0) is 43.0 Å². The number of hydrogen-bond donors (Lipinski definition) is 0. The van der Waals surface area contributed by atoms with Crippen molar-refractivity contribution in [3.05, 3.63) is 71.5 Å². The maximum Gasteiger partial charge on any atom is 0.244 e. The van der Waals surface area contributed by atoms with Crippen molar-refractivity contribution in [2.75, 3.05) is 13.1 Å². The zero-order valence-corrected chi connectivity index (χ0v) is 15.8. The molecule has 4 rings (SSSR count). The lowest BCUT2D eigenvalue weighted by Gasteiger charge is -2.31. The molecule has 0 radical (unpaired) electrons. The van der Waals surface area contributed by atoms with Crippen molar-refractivity contribution < 1.29 is 13.6 Å². The van der Waals surface area contributed by atoms with Gasteiger partial charge in [-0.3, -0.25) is 9.48 Å². The maximum absolute atomic E-state index is 13.4. The van der Waals surface area contributed by atoms with Crippen LogP contribution in [0, 0.1) is 12.7 Å². The second-order valence-electron chi connectivity index (χ2n) is 7.37. The van der Waals surface area contributed by atoms with Crippen molar-refractivity contribution in [2.45, 2.75) is 38.6 Å². The zero-order chi connectivity index (χ0) is 19.5. The van der Waals surface area contributed by atoms with Crippen molar-refractivity contribution in [3.8, 4) is 0 Å². The molecule has 0 aliphatic carbocycles. The molecule has 146 valence electrons. The molecule has 0 bridgehead atoms. The third kappa shape index (κ3) is 4.30. The summed E-state index contributed by atoms with van der Waals surface area (Å²) in [7, 11) is 0. The Balaban J connectivity index is 1.39. The van der Waals surface area contributed by atoms with Crippen molar-refractivity contribution in [1.29, 1.82) is 0 Å². The number of halogens is 1. The highest BCUT2D eigenvalue weighted by Crippen LogP contribution is 2.27. The molecule has 0 N–H and O–H groups in total. The van der Waals surface area contributed by atoms with E-state index in [0.29, 0.717) is 24.6 Å². The van der Waals surface area contributed by atoms with Crippen LogP contribution in [-0.2, 0) is 17.8 Å². The van der Waals surface area contributed by atoms with Crippen LogP contribution in [0.15, 0.2) is 47.3 Å². The molecule has 1 fully saturated rings. The molecular weight excluding hydrogens is 359 g/mol. The number of amides is 1. The van der Waals surface area contributed by atoms with Crippen LogP contribution in [0.25, 0.3) is 0 Å². The molecule has 1 aliphatic heterocycles. The topological polar surface area (TPSA) is 64.2 Å². The minimum absolute atomic E-state index is 0.0549. The summed E-state index contributed by atoms with van der Waals surface area (Å²) in [6.45, 7) is 3.54. The van der Waals surface area contributed by atoms with Crippen LogP contribution in [0.3, 0.4) is 0 Å². The van der Waals surface area contributed by atoms with E-state index >= 15 is 0 Å². The summed E-state index contributed by atoms with van der Waals surface area (Å²) < 4.78 is 21.0. The van der Waals surface area contributed by atoms with E-state index in [0.717, 1.165) is 30.5 Å². The van der Waals surface area contributed by atoms with Gasteiger partial charge in [0.25, 0.3) is 0 Å². The van der Waals surface area contributed by atoms with E-state index < -0.39 is 0 Å². The summed E-state index contributed by atoms with van der Waals surface area (Å²) >= 11 is 0. The summed E-state index contributed by atoms with van der Waals surface area (Å²) in [5, 5.41) is 4.19. The van der Waals surface area contributed by atoms with Gasteiger partial charge in [0.2, 0.25) is 5.91 Å². The van der Waals surface area contributed by atoms with Gasteiger partial charge in [-0.25, -0.2) is 9.37 Å². The van der Waals surface area contributed by atoms with Gasteiger partial charge in [-0.15, -0.1) is 0 Å². The molecule has 28 heavy (non-hydrogen) atoms. The van der Waals surface area contributed by atoms with Crippen molar-refractivity contribution in [2.24, 2.45) is 0 Å². The van der Waals surface area contributed by atoms with E-state index in [-0.39, 0.29) is 24.2 Å². The summed E-state index contributed by atoms with van der Waals surface area (Å²) in [5.41, 5.74) is 1.88. The molecule has 0 spiro atoms. The number of likely N-dealkylation sites (tertiary alicyclic amines) is 1. The molecule has 3 heterocycles. The van der Waals surface area contributed by atoms with Gasteiger partial charge in [-0.2, -0.15) is 5.10 Å². The van der Waals surface area contributed by atoms with Crippen LogP contribution in [0.5, 0.6) is 0 Å². The lowest BCUT2D eigenvalue weighted by molar-refractivity contribution is -0.133. The van der Waals surface area contributed by atoms with Crippen LogP contribution in [-0.4, -0.2) is 38.7 Å². The fraction of sp³-hybridized carbons (Fsp3) is 0.381. The van der Waals surface area contributed by atoms with Crippen molar-refractivity contribution in [1.82, 2.24) is 19.7 Å². The van der Waals surface area contributed by atoms with Crippen LogP contribution in [0.4, 0.5) is 4.39 Å². The van der Waals surface area contributed by atoms with E-state index in [1.54, 1.807) is 23.1 Å². The maximum atomic E-state index is 13.4. The van der Waals surface area contributed by atoms with Gasteiger partial charge < -0.3 is 9.32 Å². The summed E-state index contributed by atoms with van der Waals surface area (Å²) in [5.74, 6) is 1.23. The highest BCUT2D eigenvalue weighted by molar-refractivity contribution is 5.76. The highest BCUT2D eigenvalue weighted by atomic mass is 19.1. The number of aromatic nitrogens is 3. The molecule has 3 aromatic rings. The van der Waals surface area contributed by atoms with Crippen LogP contribution in [0.2, 0.25) is 0 Å². The predicted octanol–water partition coefficient (Wildman–Crippen LogP) is 3.32. The smallest absolute Gasteiger partial charge is 0.244 e. The first-order valence-corrected chi connectivity index (χ1v) is 9.53. The van der Waals surface area contributed by atoms with Crippen molar-refractivity contribution in [3.63, 3.8) is 0 Å². The van der Waals surface area contributed by atoms with E-state index in [2.05, 4.69) is 10.1 Å². The monoisotopic (exact) mass is 382 g/mol. The lowest BCUT2D eigenvalue weighted by Crippen LogP contribution is -2.41. The average Bonchev–Trinajstić information content (AvgIpc) is 3.31. The van der Waals surface area contributed by atoms with Gasteiger partial charge in [0.1, 0.15) is 18.1 Å². The molecule has 1 atom stereocenters. The number of carbonyl (C=O) groups is 1. The number of benzene rings is 1. The second-order valence-corrected chi connectivity index (χ2v) is 7.37. The van der Waals surface area contributed by atoms with Crippen molar-refractivity contribution >= 4 is 5.91 Å². The first-order valence-electron chi connectivity index (χ1n) is 9.53. The first-order chi connectivity index (χ1) is 13.6. The first kappa shape index (κ1) is 18.4. The molecular formula is C21H23FN4O2. The number of hydrogen-bond acceptors (Lipinski definition) is 4. The van der Waals surface area contributed by atoms with E-state index in [1.165, 1.54) is 12.1 Å². The van der Waals surface area contributed by atoms with Gasteiger partial charge in [0.05, 0.1) is 18.3 Å². The number of piperidine rings is 1. The molecule has 6 nitrogen and oxygen atoms in total. The van der Waals surface area contributed by atoms with Gasteiger partial charge in [-0.1, -0.05) is 12.1 Å². The molecule has 7 heteroatoms. The zero-order valence-electron chi connectivity index (χ0n) is 15.8. The SMILES string of the molecule is Cc1cnn(CC(=O)N2CCCC(c3ncc(Cc4cccc(F)c4)o3)C2)c1. The van der Waals surface area contributed by atoms with Crippen LogP contribution in [0.1, 0.15) is 41.5 Å². The Morgan fingerprint density at radius 2 is 2.25 bits per heavy atom. The standard InChI is InChI=1S/C21H23FN4O2/c1-15-10-24-26(12-15)14-20(27)25-7-3-5-17(13-25)21-23-11-19(28-21)9-16-4-2-6-18(22)8-16/h2,4,6,8,10-12,17H,3,5,7,9,13-14H2,1H3. The predicted molar refractivity (Wildman–Crippen MR) is 101 cm³/mol. The Morgan fingerprint density at radius 3 is 3.04 bits per heavy atom. The third-order valence-electron chi connectivity index (χ3n) is 5.02. The minimum Gasteiger partial charge on any atom is -0.445 e. The molecule has 1 aromatic carbocycles. The fourth-order valence-electron chi connectivity index (χ4n) is 3.64. The lowest BCUT2D eigenvalue weighted by atomic mass is 9.98. The fourth-order valence-corrected chi connectivity index (χ4v) is 3.64. The summed E-state index contributed by atoms with van der Waals surface area (Å²) in [6, 6.07) is 6.48. The normalized spacial score (nSPS) is 17.1. The number of carbonyl (C=O) groups excluding carboxylic acids is 1. The Labute approximate surface area is 163 Å². The quantitative estimate of drug-likeness (QED) is 0.679. The third-order valence-corrected chi connectivity index (χ3v) is 5.02. The molecule has 0 saturated carbocycles. The van der Waals surface area contributed by atoms with E-state index in [1.807, 2.05) is 24.1 Å². The largest absolute Gasteiger partial charge is 0.445 e. The minimum atomic E-state index is -0.258. The van der Waals surface area contributed by atoms with Crippen LogP contribution < -0.4 is 0 Å². The molecule has 1 amide bonds. The Morgan fingerprint density at radius 1 is 1.36 bits per heavy atom. The highest BCUT2D eigenvalue weighted by Gasteiger charge is 2.28. The second kappa shape index (κ2) is 7.96. The Bertz CT molecular complexity index is 965. The summed E-state index contributed by atoms with van der Waals surface area (Å²) in [4.78, 5) is 18.9. The number of rotatable bonds is 5. The van der Waals surface area contributed by atoms with E-state index in [4.69, 9.17) is 4.42 Å². The van der Waals surface area contributed by atoms with Crippen LogP contribution >= 0.6 is 0 Å². The average molecular weight is 382 g/mol. The number of aryl methyl sites for hydroxylation is 1. The molecule has 2 aromatic heterocycles. The molecule has 1 aliphatic rings. The van der Waals surface area contributed by atoms with E-state index in [9.17, 15) is 9.18 Å². The molecule has 1 unspecified atom stereocenters. The van der Waals surface area contributed by atoms with Gasteiger partial charge >= 0.3 is 0 Å². The summed E-state index contributed by atoms with van der Waals surface area (Å²) in [6.07, 6.45) is 7.67. The van der Waals surface area contributed by atoms with Gasteiger partial charge in [0, 0.05) is 25.7 Å². The molecule has 1 saturated heterocycles. The van der Waals surface area contributed by atoms with Gasteiger partial charge in [0.15, 0.2) is 5.89 Å². The number of oxazole rings is 1.